The predicted octanol–water partition coefficient (Wildman–Crippen LogP) is 0.0938. The van der Waals surface area contributed by atoms with Crippen molar-refractivity contribution in [3.8, 4) is 0 Å². The first kappa shape index (κ1) is 18.5. The molecule has 0 bridgehead atoms. The van der Waals surface area contributed by atoms with Crippen molar-refractivity contribution in [2.24, 2.45) is 0 Å². The van der Waals surface area contributed by atoms with Gasteiger partial charge in [-0.2, -0.15) is 12.6 Å². The van der Waals surface area contributed by atoms with Gasteiger partial charge in [-0.15, -0.1) is 0 Å². The number of imidazole rings is 1. The van der Waals surface area contributed by atoms with Crippen LogP contribution in [0.15, 0.2) is 17.4 Å². The van der Waals surface area contributed by atoms with Crippen molar-refractivity contribution in [2.75, 3.05) is 20.8 Å². The highest BCUT2D eigenvalue weighted by Crippen LogP contribution is 2.53. The van der Waals surface area contributed by atoms with E-state index >= 15 is 0 Å². The molecule has 0 aliphatic carbocycles. The molecule has 2 N–H and O–H groups in total. The molecule has 1 aliphatic heterocycles. The van der Waals surface area contributed by atoms with Crippen LogP contribution in [0.5, 0.6) is 0 Å². The lowest BCUT2D eigenvalue weighted by Crippen LogP contribution is -2.31. The first-order chi connectivity index (χ1) is 11.9. The number of rotatable bonds is 6. The second-order valence-electron chi connectivity index (χ2n) is 5.18. The Labute approximate surface area is 147 Å². The average molecular weight is 392 g/mol. The smallest absolute Gasteiger partial charge is 0.394 e. The van der Waals surface area contributed by atoms with Gasteiger partial charge in [0.2, 0.25) is 0 Å². The van der Waals surface area contributed by atoms with Crippen molar-refractivity contribution in [1.82, 2.24) is 19.5 Å². The third kappa shape index (κ3) is 3.26. The number of H-pyrrole nitrogens is 1. The van der Waals surface area contributed by atoms with Crippen molar-refractivity contribution >= 4 is 31.6 Å². The first-order valence-electron chi connectivity index (χ1n) is 7.18. The van der Waals surface area contributed by atoms with E-state index in [9.17, 15) is 14.5 Å². The number of phosphoric ester groups is 1. The van der Waals surface area contributed by atoms with Crippen LogP contribution in [0, 0.1) is 0 Å². The molecule has 0 amide bonds. The Hall–Kier alpha value is -1.27. The molecule has 0 saturated carbocycles. The van der Waals surface area contributed by atoms with Gasteiger partial charge in [-0.05, 0) is 0 Å². The van der Waals surface area contributed by atoms with E-state index in [-0.39, 0.29) is 17.8 Å². The largest absolute Gasteiger partial charge is 0.474 e. The molecule has 25 heavy (non-hydrogen) atoms. The zero-order valence-corrected chi connectivity index (χ0v) is 15.1. The van der Waals surface area contributed by atoms with Gasteiger partial charge in [-0.3, -0.25) is 22.9 Å². The standard InChI is InChI=1S/C12H17N4O7PS/c1-20-24(19,21-2)23-8-9(25)6(3-17)22-12(8)16-5-15-7-10(16)13-4-14-11(7)18/h4-6,8-9,12,17,25H,3H2,1-2H3,(H,13,14,18)/t6-,8-,9-,12-/m1/s1. The van der Waals surface area contributed by atoms with Gasteiger partial charge in [0.1, 0.15) is 6.10 Å². The van der Waals surface area contributed by atoms with E-state index in [1.165, 1.54) is 31.4 Å². The van der Waals surface area contributed by atoms with Gasteiger partial charge < -0.3 is 14.8 Å². The average Bonchev–Trinajstić information content (AvgIpc) is 3.17. The normalized spacial score (nSPS) is 27.2. The van der Waals surface area contributed by atoms with Crippen molar-refractivity contribution in [1.29, 1.82) is 0 Å². The Morgan fingerprint density at radius 3 is 2.80 bits per heavy atom. The Bertz CT molecular complexity index is 849. The molecule has 1 aliphatic rings. The Morgan fingerprint density at radius 2 is 2.16 bits per heavy atom. The van der Waals surface area contributed by atoms with Crippen LogP contribution in [-0.4, -0.2) is 62.9 Å². The molecule has 4 atom stereocenters. The number of ether oxygens (including phenoxy) is 1. The molecule has 138 valence electrons. The molecule has 2 aromatic rings. The lowest BCUT2D eigenvalue weighted by molar-refractivity contribution is -0.0492. The second kappa shape index (κ2) is 7.16. The van der Waals surface area contributed by atoms with Gasteiger partial charge in [-0.25, -0.2) is 14.5 Å². The summed E-state index contributed by atoms with van der Waals surface area (Å²) in [6, 6.07) is 0. The molecule has 0 spiro atoms. The molecular formula is C12H17N4O7PS. The van der Waals surface area contributed by atoms with E-state index in [0.717, 1.165) is 0 Å². The number of aliphatic hydroxyl groups excluding tert-OH is 1. The van der Waals surface area contributed by atoms with Crippen LogP contribution >= 0.6 is 20.5 Å². The van der Waals surface area contributed by atoms with E-state index < -0.39 is 37.1 Å². The maximum atomic E-state index is 12.4. The summed E-state index contributed by atoms with van der Waals surface area (Å²) in [5, 5.41) is 8.84. The molecule has 2 aromatic heterocycles. The number of fused-ring (bicyclic) bond motifs is 1. The fourth-order valence-corrected chi connectivity index (χ4v) is 3.89. The topological polar surface area (TPSA) is 138 Å². The summed E-state index contributed by atoms with van der Waals surface area (Å²) >= 11 is 4.39. The van der Waals surface area contributed by atoms with Crippen molar-refractivity contribution in [3.63, 3.8) is 0 Å². The van der Waals surface area contributed by atoms with Crippen LogP contribution in [0.2, 0.25) is 0 Å². The van der Waals surface area contributed by atoms with Crippen molar-refractivity contribution in [2.45, 2.75) is 23.7 Å². The molecule has 0 radical (unpaired) electrons. The summed E-state index contributed by atoms with van der Waals surface area (Å²) < 4.78 is 34.7. The van der Waals surface area contributed by atoms with Crippen LogP contribution in [0.3, 0.4) is 0 Å². The van der Waals surface area contributed by atoms with Crippen LogP contribution in [-0.2, 0) is 22.9 Å². The van der Waals surface area contributed by atoms with E-state index in [4.69, 9.17) is 18.3 Å². The highest BCUT2D eigenvalue weighted by Gasteiger charge is 2.48. The molecule has 11 nitrogen and oxygen atoms in total. The molecule has 3 heterocycles. The molecule has 0 unspecified atom stereocenters. The maximum absolute atomic E-state index is 12.4. The molecule has 1 saturated heterocycles. The van der Waals surface area contributed by atoms with Gasteiger partial charge >= 0.3 is 7.82 Å². The number of nitrogens with one attached hydrogen (secondary N) is 1. The molecule has 1 fully saturated rings. The SMILES string of the molecule is COP(=O)(OC)O[C@@H]1[C@H](S)[C@@H](CO)O[C@H]1n1cnc2c(=O)[nH]cnc21. The zero-order chi connectivity index (χ0) is 18.2. The summed E-state index contributed by atoms with van der Waals surface area (Å²) in [5.41, 5.74) is -0.0689. The van der Waals surface area contributed by atoms with E-state index in [1.54, 1.807) is 0 Å². The lowest BCUT2D eigenvalue weighted by Gasteiger charge is -2.25. The van der Waals surface area contributed by atoms with Crippen molar-refractivity contribution in [3.05, 3.63) is 23.0 Å². The van der Waals surface area contributed by atoms with Gasteiger partial charge in [0, 0.05) is 14.2 Å². The Morgan fingerprint density at radius 1 is 1.44 bits per heavy atom. The quantitative estimate of drug-likeness (QED) is 0.461. The highest BCUT2D eigenvalue weighted by atomic mass is 32.1. The minimum atomic E-state index is -3.85. The van der Waals surface area contributed by atoms with Crippen molar-refractivity contribution < 1.29 is 28.0 Å². The number of aromatic amines is 1. The number of hydrogen-bond acceptors (Lipinski definition) is 10. The van der Waals surface area contributed by atoms with E-state index in [1.807, 2.05) is 0 Å². The van der Waals surface area contributed by atoms with E-state index in [2.05, 4.69) is 27.6 Å². The fraction of sp³-hybridized carbons (Fsp3) is 0.583. The number of aromatic nitrogens is 4. The second-order valence-corrected chi connectivity index (χ2v) is 7.61. The highest BCUT2D eigenvalue weighted by molar-refractivity contribution is 7.81. The number of hydrogen-bond donors (Lipinski definition) is 3. The minimum Gasteiger partial charge on any atom is -0.394 e. The Kier molecular flexibility index (Phi) is 5.30. The summed E-state index contributed by atoms with van der Waals surface area (Å²) in [7, 11) is -1.49. The Balaban J connectivity index is 2.03. The molecule has 13 heteroatoms. The number of phosphoric acid groups is 1. The number of aliphatic hydroxyl groups is 1. The van der Waals surface area contributed by atoms with Gasteiger partial charge in [-0.1, -0.05) is 0 Å². The molecule has 3 rings (SSSR count). The molecule has 0 aromatic carbocycles. The first-order valence-corrected chi connectivity index (χ1v) is 9.16. The third-order valence-electron chi connectivity index (χ3n) is 3.83. The van der Waals surface area contributed by atoms with Crippen LogP contribution < -0.4 is 5.56 Å². The third-order valence-corrected chi connectivity index (χ3v) is 5.85. The van der Waals surface area contributed by atoms with Crippen LogP contribution in [0.4, 0.5) is 0 Å². The predicted molar refractivity (Wildman–Crippen MR) is 88.4 cm³/mol. The van der Waals surface area contributed by atoms with Crippen LogP contribution in [0.1, 0.15) is 6.23 Å². The van der Waals surface area contributed by atoms with Gasteiger partial charge in [0.15, 0.2) is 17.4 Å². The minimum absolute atomic E-state index is 0.106. The maximum Gasteiger partial charge on any atom is 0.474 e. The summed E-state index contributed by atoms with van der Waals surface area (Å²) in [4.78, 5) is 22.3. The zero-order valence-electron chi connectivity index (χ0n) is 13.3. The molecular weight excluding hydrogens is 375 g/mol. The monoisotopic (exact) mass is 392 g/mol. The fourth-order valence-electron chi connectivity index (χ4n) is 2.57. The van der Waals surface area contributed by atoms with E-state index in [0.29, 0.717) is 0 Å². The van der Waals surface area contributed by atoms with Crippen LogP contribution in [0.25, 0.3) is 11.2 Å². The lowest BCUT2D eigenvalue weighted by atomic mass is 10.2. The van der Waals surface area contributed by atoms with Gasteiger partial charge in [0.05, 0.1) is 30.6 Å². The summed E-state index contributed by atoms with van der Waals surface area (Å²) in [5.74, 6) is 0. The summed E-state index contributed by atoms with van der Waals surface area (Å²) in [6.07, 6.45) is 0.0331. The van der Waals surface area contributed by atoms with Gasteiger partial charge in [0.25, 0.3) is 5.56 Å². The number of nitrogens with zero attached hydrogens (tertiary/aromatic N) is 3. The summed E-state index contributed by atoms with van der Waals surface area (Å²) in [6.45, 7) is -0.338. The number of thiol groups is 1.